The Bertz CT molecular complexity index is 343. The molecule has 0 heterocycles. The average molecular weight is 289 g/mol. The van der Waals surface area contributed by atoms with Crippen LogP contribution in [0.1, 0.15) is 24.0 Å². The largest absolute Gasteiger partial charge is 0.500 e. The van der Waals surface area contributed by atoms with E-state index in [-0.39, 0.29) is 0 Å². The summed E-state index contributed by atoms with van der Waals surface area (Å²) in [6, 6.07) is 9.06. The normalized spacial score (nSPS) is 13.6. The van der Waals surface area contributed by atoms with Crippen LogP contribution in [0.15, 0.2) is 24.3 Å². The van der Waals surface area contributed by atoms with E-state index in [9.17, 15) is 0 Å². The van der Waals surface area contributed by atoms with Crippen LogP contribution in [0.2, 0.25) is 6.04 Å². The van der Waals surface area contributed by atoms with Gasteiger partial charge in [-0.1, -0.05) is 31.2 Å². The molecule has 18 heavy (non-hydrogen) atoms. The number of rotatable bonds is 7. The van der Waals surface area contributed by atoms with Gasteiger partial charge >= 0.3 is 8.80 Å². The summed E-state index contributed by atoms with van der Waals surface area (Å²) >= 11 is 5.78. The lowest BCUT2D eigenvalue weighted by Gasteiger charge is -2.27. The fraction of sp³-hybridized carbons (Fsp3) is 0.538. The van der Waals surface area contributed by atoms with Gasteiger partial charge in [0.1, 0.15) is 0 Å². The topological polar surface area (TPSA) is 27.7 Å². The first-order valence-corrected chi connectivity index (χ1v) is 8.37. The Hall–Kier alpha value is -0.393. The standard InChI is InChI=1S/C13H21ClO3Si/c1-11(10-18(15-2,16-3)17-4)13-7-5-12(9-14)6-8-13/h5-8,11H,9-10H2,1-4H3. The van der Waals surface area contributed by atoms with Gasteiger partial charge in [0.05, 0.1) is 0 Å². The first-order chi connectivity index (χ1) is 8.60. The summed E-state index contributed by atoms with van der Waals surface area (Å²) in [6.07, 6.45) is 0. The molecule has 0 aromatic heterocycles. The molecule has 0 spiro atoms. The Morgan fingerprint density at radius 2 is 1.56 bits per heavy atom. The molecule has 5 heteroatoms. The molecule has 0 amide bonds. The summed E-state index contributed by atoms with van der Waals surface area (Å²) in [5.74, 6) is 0.863. The second-order valence-electron chi connectivity index (χ2n) is 4.28. The summed E-state index contributed by atoms with van der Waals surface area (Å²) in [4.78, 5) is 0. The molecule has 1 atom stereocenters. The lowest BCUT2D eigenvalue weighted by Crippen LogP contribution is -2.43. The lowest BCUT2D eigenvalue weighted by atomic mass is 10.0. The van der Waals surface area contributed by atoms with Crippen molar-refractivity contribution in [2.45, 2.75) is 24.8 Å². The van der Waals surface area contributed by atoms with Crippen molar-refractivity contribution in [3.63, 3.8) is 0 Å². The zero-order valence-corrected chi connectivity index (χ0v) is 13.2. The van der Waals surface area contributed by atoms with Gasteiger partial charge in [-0.25, -0.2) is 0 Å². The lowest BCUT2D eigenvalue weighted by molar-refractivity contribution is 0.122. The Kier molecular flexibility index (Phi) is 6.32. The van der Waals surface area contributed by atoms with Crippen molar-refractivity contribution in [1.82, 2.24) is 0 Å². The number of hydrogen-bond acceptors (Lipinski definition) is 3. The molecule has 0 radical (unpaired) electrons. The first kappa shape index (κ1) is 15.7. The van der Waals surface area contributed by atoms with E-state index in [2.05, 4.69) is 31.2 Å². The monoisotopic (exact) mass is 288 g/mol. The van der Waals surface area contributed by atoms with Gasteiger partial charge in [0.25, 0.3) is 0 Å². The maximum absolute atomic E-state index is 5.78. The molecule has 102 valence electrons. The van der Waals surface area contributed by atoms with Crippen molar-refractivity contribution in [2.75, 3.05) is 21.3 Å². The van der Waals surface area contributed by atoms with E-state index >= 15 is 0 Å². The zero-order chi connectivity index (χ0) is 13.6. The molecule has 0 bridgehead atoms. The predicted molar refractivity (Wildman–Crippen MR) is 76.0 cm³/mol. The van der Waals surface area contributed by atoms with Gasteiger partial charge in [0, 0.05) is 33.3 Å². The van der Waals surface area contributed by atoms with E-state index in [1.54, 1.807) is 21.3 Å². The fourth-order valence-corrected chi connectivity index (χ4v) is 4.09. The van der Waals surface area contributed by atoms with Gasteiger partial charge < -0.3 is 13.3 Å². The van der Waals surface area contributed by atoms with Crippen molar-refractivity contribution >= 4 is 20.4 Å². The van der Waals surface area contributed by atoms with Crippen LogP contribution in [0.25, 0.3) is 0 Å². The highest BCUT2D eigenvalue weighted by Crippen LogP contribution is 2.27. The highest BCUT2D eigenvalue weighted by Gasteiger charge is 2.39. The molecule has 1 aromatic carbocycles. The van der Waals surface area contributed by atoms with E-state index in [1.165, 1.54) is 5.56 Å². The van der Waals surface area contributed by atoms with Crippen LogP contribution in [0.3, 0.4) is 0 Å². The Balaban J connectivity index is 2.76. The van der Waals surface area contributed by atoms with Crippen LogP contribution in [0.4, 0.5) is 0 Å². The fourth-order valence-electron chi connectivity index (χ4n) is 1.93. The molecule has 1 unspecified atom stereocenters. The number of halogens is 1. The third-order valence-electron chi connectivity index (χ3n) is 3.19. The molecule has 1 aromatic rings. The van der Waals surface area contributed by atoms with Crippen LogP contribution < -0.4 is 0 Å². The summed E-state index contributed by atoms with van der Waals surface area (Å²) in [6.45, 7) is 2.15. The van der Waals surface area contributed by atoms with E-state index in [0.717, 1.165) is 11.6 Å². The molecular weight excluding hydrogens is 268 g/mol. The number of alkyl halides is 1. The molecule has 3 nitrogen and oxygen atoms in total. The van der Waals surface area contributed by atoms with E-state index in [0.29, 0.717) is 11.8 Å². The molecule has 0 fully saturated rings. The Labute approximate surface area is 115 Å². The van der Waals surface area contributed by atoms with Crippen LogP contribution in [0, 0.1) is 0 Å². The quantitative estimate of drug-likeness (QED) is 0.568. The highest BCUT2D eigenvalue weighted by atomic mass is 35.5. The molecule has 0 saturated carbocycles. The van der Waals surface area contributed by atoms with Crippen molar-refractivity contribution in [3.05, 3.63) is 35.4 Å². The maximum Gasteiger partial charge on any atom is 0.500 e. The molecule has 0 saturated heterocycles. The van der Waals surface area contributed by atoms with Crippen molar-refractivity contribution in [2.24, 2.45) is 0 Å². The van der Waals surface area contributed by atoms with Gasteiger partial charge in [-0.05, 0) is 17.0 Å². The van der Waals surface area contributed by atoms with Crippen LogP contribution >= 0.6 is 11.6 Å². The summed E-state index contributed by atoms with van der Waals surface area (Å²) in [5.41, 5.74) is 2.37. The van der Waals surface area contributed by atoms with Gasteiger partial charge in [0.2, 0.25) is 0 Å². The Morgan fingerprint density at radius 3 is 1.94 bits per heavy atom. The van der Waals surface area contributed by atoms with Crippen LogP contribution in [-0.2, 0) is 19.2 Å². The number of hydrogen-bond donors (Lipinski definition) is 0. The third kappa shape index (κ3) is 3.80. The minimum atomic E-state index is -2.51. The van der Waals surface area contributed by atoms with E-state index in [1.807, 2.05) is 0 Å². The summed E-state index contributed by atoms with van der Waals surface area (Å²) in [5, 5.41) is 0. The summed E-state index contributed by atoms with van der Waals surface area (Å²) < 4.78 is 16.3. The van der Waals surface area contributed by atoms with Crippen LogP contribution in [-0.4, -0.2) is 30.1 Å². The molecule has 0 aliphatic carbocycles. The van der Waals surface area contributed by atoms with Crippen molar-refractivity contribution in [1.29, 1.82) is 0 Å². The second kappa shape index (κ2) is 7.26. The Morgan fingerprint density at radius 1 is 1.06 bits per heavy atom. The zero-order valence-electron chi connectivity index (χ0n) is 11.4. The second-order valence-corrected chi connectivity index (χ2v) is 7.54. The highest BCUT2D eigenvalue weighted by molar-refractivity contribution is 6.60. The minimum Gasteiger partial charge on any atom is -0.377 e. The van der Waals surface area contributed by atoms with Gasteiger partial charge in [0.15, 0.2) is 0 Å². The molecule has 0 aliphatic heterocycles. The van der Waals surface area contributed by atoms with E-state index in [4.69, 9.17) is 24.9 Å². The molecule has 0 aliphatic rings. The van der Waals surface area contributed by atoms with Crippen molar-refractivity contribution < 1.29 is 13.3 Å². The maximum atomic E-state index is 5.78. The molecule has 0 N–H and O–H groups in total. The minimum absolute atomic E-state index is 0.320. The SMILES string of the molecule is CO[Si](CC(C)c1ccc(CCl)cc1)(OC)OC. The third-order valence-corrected chi connectivity index (χ3v) is 6.48. The smallest absolute Gasteiger partial charge is 0.377 e. The van der Waals surface area contributed by atoms with Gasteiger partial charge in [-0.2, -0.15) is 0 Å². The number of benzene rings is 1. The first-order valence-electron chi connectivity index (χ1n) is 5.91. The predicted octanol–water partition coefficient (Wildman–Crippen LogP) is 3.41. The van der Waals surface area contributed by atoms with Gasteiger partial charge in [-0.15, -0.1) is 11.6 Å². The molecule has 1 rings (SSSR count). The van der Waals surface area contributed by atoms with Gasteiger partial charge in [-0.3, -0.25) is 0 Å². The summed E-state index contributed by atoms with van der Waals surface area (Å²) in [7, 11) is 2.41. The van der Waals surface area contributed by atoms with Crippen LogP contribution in [0.5, 0.6) is 0 Å². The van der Waals surface area contributed by atoms with Crippen molar-refractivity contribution in [3.8, 4) is 0 Å². The van der Waals surface area contributed by atoms with E-state index < -0.39 is 8.80 Å². The molecular formula is C13H21ClO3Si. The average Bonchev–Trinajstić information content (AvgIpc) is 2.45.